The number of hydrogen-bond acceptors (Lipinski definition) is 3. The van der Waals surface area contributed by atoms with Gasteiger partial charge in [-0.05, 0) is 25.1 Å². The normalized spacial score (nSPS) is 24.6. The summed E-state index contributed by atoms with van der Waals surface area (Å²) in [6.45, 7) is 3.53. The summed E-state index contributed by atoms with van der Waals surface area (Å²) in [6.07, 6.45) is 0.800. The Balaban J connectivity index is 2.00. The first-order valence-corrected chi connectivity index (χ1v) is 6.37. The maximum atomic E-state index is 13.6. The molecule has 1 aromatic rings. The number of methoxy groups -OCH3 is 1. The molecule has 0 radical (unpaired) electrons. The van der Waals surface area contributed by atoms with Crippen LogP contribution in [0, 0.1) is 11.6 Å². The molecule has 1 saturated heterocycles. The molecule has 1 fully saturated rings. The van der Waals surface area contributed by atoms with Crippen molar-refractivity contribution in [1.29, 1.82) is 0 Å². The van der Waals surface area contributed by atoms with Crippen LogP contribution in [0.15, 0.2) is 18.2 Å². The molecule has 0 spiro atoms. The molecule has 0 amide bonds. The van der Waals surface area contributed by atoms with E-state index in [0.29, 0.717) is 25.3 Å². The minimum atomic E-state index is -0.435. The molecule has 2 unspecified atom stereocenters. The molecule has 0 aromatic heterocycles. The van der Waals surface area contributed by atoms with Crippen LogP contribution in [0.4, 0.5) is 8.78 Å². The molecule has 106 valence electrons. The molecule has 5 heteroatoms. The largest absolute Gasteiger partial charge is 0.378 e. The van der Waals surface area contributed by atoms with E-state index in [4.69, 9.17) is 9.47 Å². The van der Waals surface area contributed by atoms with Crippen molar-refractivity contribution in [2.24, 2.45) is 0 Å². The zero-order chi connectivity index (χ0) is 13.9. The third kappa shape index (κ3) is 3.29. The molecule has 1 N–H and O–H groups in total. The summed E-state index contributed by atoms with van der Waals surface area (Å²) in [7, 11) is 1.64. The van der Waals surface area contributed by atoms with E-state index in [1.807, 2.05) is 0 Å². The topological polar surface area (TPSA) is 30.5 Å². The average Bonchev–Trinajstić information content (AvgIpc) is 2.88. The average molecular weight is 271 g/mol. The lowest BCUT2D eigenvalue weighted by Crippen LogP contribution is -2.43. The van der Waals surface area contributed by atoms with Gasteiger partial charge in [0, 0.05) is 38.3 Å². The Bertz CT molecular complexity index is 433. The van der Waals surface area contributed by atoms with Crippen LogP contribution in [0.3, 0.4) is 0 Å². The molecule has 0 aliphatic carbocycles. The summed E-state index contributed by atoms with van der Waals surface area (Å²) in [6, 6.07) is 3.20. The molecule has 2 rings (SSSR count). The third-order valence-corrected chi connectivity index (χ3v) is 3.66. The first kappa shape index (κ1) is 14.4. The monoisotopic (exact) mass is 271 g/mol. The van der Waals surface area contributed by atoms with E-state index in [2.05, 4.69) is 5.32 Å². The van der Waals surface area contributed by atoms with Gasteiger partial charge in [-0.15, -0.1) is 0 Å². The summed E-state index contributed by atoms with van der Waals surface area (Å²) in [4.78, 5) is 0. The van der Waals surface area contributed by atoms with Crippen LogP contribution in [0.25, 0.3) is 0 Å². The van der Waals surface area contributed by atoms with Gasteiger partial charge in [-0.2, -0.15) is 0 Å². The van der Waals surface area contributed by atoms with Crippen molar-refractivity contribution in [2.45, 2.75) is 25.0 Å². The number of hydrogen-bond donors (Lipinski definition) is 1. The van der Waals surface area contributed by atoms with Gasteiger partial charge >= 0.3 is 0 Å². The Morgan fingerprint density at radius 3 is 2.89 bits per heavy atom. The zero-order valence-electron chi connectivity index (χ0n) is 11.2. The van der Waals surface area contributed by atoms with Gasteiger partial charge in [0.15, 0.2) is 0 Å². The fraction of sp³-hybridized carbons (Fsp3) is 0.571. The molecule has 1 aliphatic rings. The Morgan fingerprint density at radius 1 is 1.47 bits per heavy atom. The summed E-state index contributed by atoms with van der Waals surface area (Å²) < 4.78 is 37.6. The molecule has 19 heavy (non-hydrogen) atoms. The van der Waals surface area contributed by atoms with Crippen molar-refractivity contribution in [2.75, 3.05) is 26.9 Å². The van der Waals surface area contributed by atoms with Gasteiger partial charge in [0.05, 0.1) is 6.61 Å². The summed E-state index contributed by atoms with van der Waals surface area (Å²) >= 11 is 0. The van der Waals surface area contributed by atoms with E-state index in [9.17, 15) is 8.78 Å². The lowest BCUT2D eigenvalue weighted by Gasteiger charge is -2.28. The van der Waals surface area contributed by atoms with Crippen molar-refractivity contribution in [3.63, 3.8) is 0 Å². The van der Waals surface area contributed by atoms with Gasteiger partial charge < -0.3 is 14.8 Å². The van der Waals surface area contributed by atoms with Crippen molar-refractivity contribution >= 4 is 0 Å². The SMILES string of the molecule is COC1(CNC(C)c2cc(F)ccc2F)CCOC1. The Labute approximate surface area is 111 Å². The Hall–Kier alpha value is -1.04. The van der Waals surface area contributed by atoms with Crippen LogP contribution in [0.1, 0.15) is 24.9 Å². The van der Waals surface area contributed by atoms with E-state index in [-0.39, 0.29) is 11.6 Å². The van der Waals surface area contributed by atoms with E-state index in [0.717, 1.165) is 18.6 Å². The lowest BCUT2D eigenvalue weighted by molar-refractivity contribution is -0.0172. The predicted molar refractivity (Wildman–Crippen MR) is 68.0 cm³/mol. The fourth-order valence-corrected chi connectivity index (χ4v) is 2.26. The van der Waals surface area contributed by atoms with E-state index >= 15 is 0 Å². The van der Waals surface area contributed by atoms with Crippen LogP contribution in [-0.2, 0) is 9.47 Å². The predicted octanol–water partition coefficient (Wildman–Crippen LogP) is 2.42. The second-order valence-electron chi connectivity index (χ2n) is 4.96. The maximum absolute atomic E-state index is 13.6. The lowest BCUT2D eigenvalue weighted by atomic mass is 10.0. The quantitative estimate of drug-likeness (QED) is 0.892. The molecule has 0 saturated carbocycles. The van der Waals surface area contributed by atoms with Gasteiger partial charge in [-0.1, -0.05) is 0 Å². The van der Waals surface area contributed by atoms with Crippen LogP contribution in [0.2, 0.25) is 0 Å². The number of ether oxygens (including phenoxy) is 2. The highest BCUT2D eigenvalue weighted by atomic mass is 19.1. The van der Waals surface area contributed by atoms with Crippen LogP contribution in [-0.4, -0.2) is 32.5 Å². The molecule has 1 aromatic carbocycles. The van der Waals surface area contributed by atoms with Gasteiger partial charge in [-0.3, -0.25) is 0 Å². The molecular weight excluding hydrogens is 252 g/mol. The minimum absolute atomic E-state index is 0.289. The summed E-state index contributed by atoms with van der Waals surface area (Å²) in [5.41, 5.74) is -0.0388. The molecular formula is C14H19F2NO2. The fourth-order valence-electron chi connectivity index (χ4n) is 2.26. The van der Waals surface area contributed by atoms with E-state index in [1.54, 1.807) is 14.0 Å². The van der Waals surface area contributed by atoms with E-state index in [1.165, 1.54) is 6.07 Å². The minimum Gasteiger partial charge on any atom is -0.378 e. The van der Waals surface area contributed by atoms with Crippen LogP contribution >= 0.6 is 0 Å². The second kappa shape index (κ2) is 5.94. The van der Waals surface area contributed by atoms with Gasteiger partial charge in [0.25, 0.3) is 0 Å². The van der Waals surface area contributed by atoms with Crippen molar-refractivity contribution < 1.29 is 18.3 Å². The number of halogens is 2. The number of nitrogens with one attached hydrogen (secondary N) is 1. The first-order chi connectivity index (χ1) is 9.06. The molecule has 0 bridgehead atoms. The molecule has 1 aliphatic heterocycles. The maximum Gasteiger partial charge on any atom is 0.128 e. The van der Waals surface area contributed by atoms with Gasteiger partial charge in [-0.25, -0.2) is 8.78 Å². The smallest absolute Gasteiger partial charge is 0.128 e. The number of rotatable bonds is 5. The van der Waals surface area contributed by atoms with Crippen LogP contribution < -0.4 is 5.32 Å². The zero-order valence-corrected chi connectivity index (χ0v) is 11.2. The summed E-state index contributed by atoms with van der Waals surface area (Å²) in [5.74, 6) is -0.841. The second-order valence-corrected chi connectivity index (χ2v) is 4.96. The number of benzene rings is 1. The Morgan fingerprint density at radius 2 is 2.26 bits per heavy atom. The standard InChI is InChI=1S/C14H19F2NO2/c1-10(12-7-11(15)3-4-13(12)16)17-8-14(18-2)5-6-19-9-14/h3-4,7,10,17H,5-6,8-9H2,1-2H3. The van der Waals surface area contributed by atoms with Crippen molar-refractivity contribution in [3.05, 3.63) is 35.4 Å². The first-order valence-electron chi connectivity index (χ1n) is 6.37. The van der Waals surface area contributed by atoms with Crippen molar-refractivity contribution in [3.8, 4) is 0 Å². The highest BCUT2D eigenvalue weighted by Crippen LogP contribution is 2.24. The molecule has 3 nitrogen and oxygen atoms in total. The van der Waals surface area contributed by atoms with Gasteiger partial charge in [0.1, 0.15) is 17.2 Å². The van der Waals surface area contributed by atoms with E-state index < -0.39 is 11.6 Å². The third-order valence-electron chi connectivity index (χ3n) is 3.66. The highest BCUT2D eigenvalue weighted by molar-refractivity contribution is 5.21. The summed E-state index contributed by atoms with van der Waals surface area (Å²) in [5, 5.41) is 3.19. The highest BCUT2D eigenvalue weighted by Gasteiger charge is 2.35. The van der Waals surface area contributed by atoms with Gasteiger partial charge in [0.2, 0.25) is 0 Å². The van der Waals surface area contributed by atoms with Crippen LogP contribution in [0.5, 0.6) is 0 Å². The molecule has 1 heterocycles. The van der Waals surface area contributed by atoms with Crippen molar-refractivity contribution in [1.82, 2.24) is 5.32 Å². The molecule has 2 atom stereocenters. The Kier molecular flexibility index (Phi) is 4.50.